The Labute approximate surface area is 124 Å². The van der Waals surface area contributed by atoms with Crippen LogP contribution in [0.25, 0.3) is 0 Å². The van der Waals surface area contributed by atoms with Crippen LogP contribution < -0.4 is 4.74 Å². The van der Waals surface area contributed by atoms with E-state index in [0.29, 0.717) is 43.0 Å². The lowest BCUT2D eigenvalue weighted by Crippen LogP contribution is -2.32. The number of fused-ring (bicyclic) bond motifs is 1. The van der Waals surface area contributed by atoms with E-state index in [0.717, 1.165) is 0 Å². The second kappa shape index (κ2) is 6.92. The van der Waals surface area contributed by atoms with Gasteiger partial charge in [0.1, 0.15) is 12.4 Å². The molecule has 0 aromatic heterocycles. The molecule has 0 bridgehead atoms. The second-order valence-electron chi connectivity index (χ2n) is 4.67. The predicted octanol–water partition coefficient (Wildman–Crippen LogP) is 2.03. The number of benzene rings is 1. The fourth-order valence-electron chi connectivity index (χ4n) is 2.20. The third kappa shape index (κ3) is 3.42. The summed E-state index contributed by atoms with van der Waals surface area (Å²) in [5.74, 6) is 0.175. The molecular weight excluding hydrogens is 270 g/mol. The average Bonchev–Trinajstić information content (AvgIpc) is 2.67. The second-order valence-corrected chi connectivity index (χ2v) is 4.67. The Balaban J connectivity index is 2.16. The van der Waals surface area contributed by atoms with E-state index in [1.54, 1.807) is 23.1 Å². The van der Waals surface area contributed by atoms with Crippen LogP contribution in [0.15, 0.2) is 35.9 Å². The Morgan fingerprint density at radius 2 is 2.19 bits per heavy atom. The molecule has 1 aromatic rings. The van der Waals surface area contributed by atoms with Crippen molar-refractivity contribution in [2.75, 3.05) is 26.8 Å². The first-order valence-corrected chi connectivity index (χ1v) is 6.95. The van der Waals surface area contributed by atoms with Gasteiger partial charge >= 0.3 is 5.97 Å². The Morgan fingerprint density at radius 1 is 1.43 bits per heavy atom. The molecular formula is C16H19NO4. The molecule has 1 aliphatic rings. The van der Waals surface area contributed by atoms with Gasteiger partial charge in [-0.15, -0.1) is 0 Å². The Morgan fingerprint density at radius 3 is 2.90 bits per heavy atom. The lowest BCUT2D eigenvalue weighted by atomic mass is 10.1. The van der Waals surface area contributed by atoms with Gasteiger partial charge in [-0.3, -0.25) is 4.79 Å². The van der Waals surface area contributed by atoms with E-state index in [2.05, 4.69) is 0 Å². The maximum Gasteiger partial charge on any atom is 0.333 e. The summed E-state index contributed by atoms with van der Waals surface area (Å²) in [6.07, 6.45) is 2.32. The molecule has 112 valence electrons. The molecule has 0 N–H and O–H groups in total. The molecule has 0 radical (unpaired) electrons. The van der Waals surface area contributed by atoms with Crippen LogP contribution in [0.5, 0.6) is 5.75 Å². The number of nitrogens with zero attached hydrogens (tertiary/aromatic N) is 1. The van der Waals surface area contributed by atoms with Crippen LogP contribution in [0.3, 0.4) is 0 Å². The van der Waals surface area contributed by atoms with E-state index in [-0.39, 0.29) is 11.9 Å². The molecule has 1 amide bonds. The highest BCUT2D eigenvalue weighted by molar-refractivity contribution is 5.97. The minimum absolute atomic E-state index is 0.0836. The molecule has 0 atom stereocenters. The standard InChI is InChI=1S/C16H19NO4/c1-3-12(16(19)20-2)8-9-17-10-11-21-14-7-5-4-6-13(14)15(17)18/h4-8H,3,9-11H2,1-2H3/b12-8-. The van der Waals surface area contributed by atoms with Gasteiger partial charge in [0.05, 0.1) is 19.2 Å². The fraction of sp³-hybridized carbons (Fsp3) is 0.375. The van der Waals surface area contributed by atoms with Crippen LogP contribution in [-0.4, -0.2) is 43.6 Å². The Hall–Kier alpha value is -2.30. The zero-order valence-electron chi connectivity index (χ0n) is 12.3. The topological polar surface area (TPSA) is 55.8 Å². The molecule has 1 aliphatic heterocycles. The highest BCUT2D eigenvalue weighted by Crippen LogP contribution is 2.22. The predicted molar refractivity (Wildman–Crippen MR) is 78.2 cm³/mol. The SMILES string of the molecule is CC/C(=C/CN1CCOc2ccccc2C1=O)C(=O)OC. The van der Waals surface area contributed by atoms with Crippen molar-refractivity contribution in [3.05, 3.63) is 41.5 Å². The molecule has 0 fully saturated rings. The zero-order valence-corrected chi connectivity index (χ0v) is 12.3. The first-order valence-electron chi connectivity index (χ1n) is 6.95. The number of carbonyl (C=O) groups excluding carboxylic acids is 2. The molecule has 0 unspecified atom stereocenters. The van der Waals surface area contributed by atoms with Gasteiger partial charge in [-0.25, -0.2) is 4.79 Å². The van der Waals surface area contributed by atoms with Crippen molar-refractivity contribution < 1.29 is 19.1 Å². The van der Waals surface area contributed by atoms with Crippen molar-refractivity contribution in [1.29, 1.82) is 0 Å². The van der Waals surface area contributed by atoms with Crippen LogP contribution >= 0.6 is 0 Å². The summed E-state index contributed by atoms with van der Waals surface area (Å²) < 4.78 is 10.3. The smallest absolute Gasteiger partial charge is 0.333 e. The lowest BCUT2D eigenvalue weighted by molar-refractivity contribution is -0.136. The number of hydrogen-bond acceptors (Lipinski definition) is 4. The molecule has 5 heteroatoms. The summed E-state index contributed by atoms with van der Waals surface area (Å²) in [6, 6.07) is 7.19. The third-order valence-electron chi connectivity index (χ3n) is 3.41. The van der Waals surface area contributed by atoms with Crippen molar-refractivity contribution >= 4 is 11.9 Å². The van der Waals surface area contributed by atoms with Gasteiger partial charge in [0.25, 0.3) is 5.91 Å². The molecule has 0 spiro atoms. The maximum atomic E-state index is 12.5. The van der Waals surface area contributed by atoms with Gasteiger partial charge in [-0.05, 0) is 18.6 Å². The van der Waals surface area contributed by atoms with E-state index < -0.39 is 0 Å². The molecule has 1 aromatic carbocycles. The summed E-state index contributed by atoms with van der Waals surface area (Å²) in [5, 5.41) is 0. The average molecular weight is 289 g/mol. The van der Waals surface area contributed by atoms with Crippen molar-refractivity contribution in [3.63, 3.8) is 0 Å². The Kier molecular flexibility index (Phi) is 4.98. The van der Waals surface area contributed by atoms with E-state index >= 15 is 0 Å². The van der Waals surface area contributed by atoms with Crippen LogP contribution in [0, 0.1) is 0 Å². The summed E-state index contributed by atoms with van der Waals surface area (Å²) in [6.45, 7) is 3.18. The van der Waals surface area contributed by atoms with Gasteiger partial charge in [0.15, 0.2) is 0 Å². The van der Waals surface area contributed by atoms with Crippen LogP contribution in [0.4, 0.5) is 0 Å². The molecule has 1 heterocycles. The number of esters is 1. The first kappa shape index (κ1) is 15.1. The zero-order chi connectivity index (χ0) is 15.2. The van der Waals surface area contributed by atoms with Crippen LogP contribution in [-0.2, 0) is 9.53 Å². The molecule has 0 saturated carbocycles. The minimum Gasteiger partial charge on any atom is -0.491 e. The van der Waals surface area contributed by atoms with Crippen molar-refractivity contribution in [2.24, 2.45) is 0 Å². The van der Waals surface area contributed by atoms with Crippen LogP contribution in [0.2, 0.25) is 0 Å². The van der Waals surface area contributed by atoms with E-state index in [4.69, 9.17) is 9.47 Å². The molecule has 2 rings (SSSR count). The summed E-state index contributed by atoms with van der Waals surface area (Å²) >= 11 is 0. The largest absolute Gasteiger partial charge is 0.491 e. The lowest BCUT2D eigenvalue weighted by Gasteiger charge is -2.18. The number of methoxy groups -OCH3 is 1. The van der Waals surface area contributed by atoms with Gasteiger partial charge in [-0.1, -0.05) is 25.1 Å². The van der Waals surface area contributed by atoms with E-state index in [1.165, 1.54) is 7.11 Å². The van der Waals surface area contributed by atoms with Gasteiger partial charge in [-0.2, -0.15) is 0 Å². The fourth-order valence-corrected chi connectivity index (χ4v) is 2.20. The van der Waals surface area contributed by atoms with Gasteiger partial charge in [0, 0.05) is 12.1 Å². The number of hydrogen-bond donors (Lipinski definition) is 0. The summed E-state index contributed by atoms with van der Waals surface area (Å²) in [4.78, 5) is 25.7. The van der Waals surface area contributed by atoms with Crippen LogP contribution in [0.1, 0.15) is 23.7 Å². The quantitative estimate of drug-likeness (QED) is 0.628. The molecule has 21 heavy (non-hydrogen) atoms. The highest BCUT2D eigenvalue weighted by Gasteiger charge is 2.22. The molecule has 5 nitrogen and oxygen atoms in total. The monoisotopic (exact) mass is 289 g/mol. The van der Waals surface area contributed by atoms with Crippen molar-refractivity contribution in [3.8, 4) is 5.75 Å². The highest BCUT2D eigenvalue weighted by atomic mass is 16.5. The van der Waals surface area contributed by atoms with E-state index in [9.17, 15) is 9.59 Å². The van der Waals surface area contributed by atoms with E-state index in [1.807, 2.05) is 19.1 Å². The Bertz CT molecular complexity index is 565. The number of rotatable bonds is 4. The first-order chi connectivity index (χ1) is 10.2. The van der Waals surface area contributed by atoms with Crippen molar-refractivity contribution in [2.45, 2.75) is 13.3 Å². The normalized spacial score (nSPS) is 15.0. The third-order valence-corrected chi connectivity index (χ3v) is 3.41. The van der Waals surface area contributed by atoms with Gasteiger partial charge < -0.3 is 14.4 Å². The van der Waals surface area contributed by atoms with Gasteiger partial charge in [0.2, 0.25) is 0 Å². The van der Waals surface area contributed by atoms with Crippen molar-refractivity contribution in [1.82, 2.24) is 4.90 Å². The maximum absolute atomic E-state index is 12.5. The number of para-hydroxylation sites is 1. The number of ether oxygens (including phenoxy) is 2. The molecule has 0 aliphatic carbocycles. The summed E-state index contributed by atoms with van der Waals surface area (Å²) in [5.41, 5.74) is 1.13. The minimum atomic E-state index is -0.351. The summed E-state index contributed by atoms with van der Waals surface area (Å²) in [7, 11) is 1.35. The molecule has 0 saturated heterocycles. The number of amides is 1. The number of carbonyl (C=O) groups is 2.